The lowest BCUT2D eigenvalue weighted by molar-refractivity contribution is -0.183. The molecule has 1 aliphatic carbocycles. The first-order chi connectivity index (χ1) is 11.8. The summed E-state index contributed by atoms with van der Waals surface area (Å²) in [5.74, 6) is 0.146. The standard InChI is InChI=1S/C18H26F3N3O.HI/c1-13(2)12-23-17(22-9-8-16-7-4-10-25-16)24-15-6-3-5-14(11-15)18(19,20)21;/h4,7,10,14-15H,1,3,5-6,8-9,11-12H2,2H3,(H2,22,23,24);1H. The Bertz CT molecular complexity index is 573. The summed E-state index contributed by atoms with van der Waals surface area (Å²) in [5.41, 5.74) is 0.893. The lowest BCUT2D eigenvalue weighted by atomic mass is 9.85. The molecule has 1 fully saturated rings. The molecule has 1 aliphatic rings. The van der Waals surface area contributed by atoms with Crippen LogP contribution in [0.5, 0.6) is 0 Å². The van der Waals surface area contributed by atoms with Crippen LogP contribution in [0.25, 0.3) is 0 Å². The van der Waals surface area contributed by atoms with Gasteiger partial charge in [-0.25, -0.2) is 4.99 Å². The van der Waals surface area contributed by atoms with E-state index in [1.165, 1.54) is 0 Å². The molecule has 0 amide bonds. The molecule has 0 spiro atoms. The maximum absolute atomic E-state index is 13.0. The first kappa shape index (κ1) is 22.9. The van der Waals surface area contributed by atoms with Crippen molar-refractivity contribution in [3.8, 4) is 0 Å². The van der Waals surface area contributed by atoms with Crippen molar-refractivity contribution in [1.29, 1.82) is 0 Å². The van der Waals surface area contributed by atoms with Crippen LogP contribution in [0.2, 0.25) is 0 Å². The van der Waals surface area contributed by atoms with Crippen LogP contribution in [0.4, 0.5) is 13.2 Å². The van der Waals surface area contributed by atoms with Gasteiger partial charge in [0, 0.05) is 19.0 Å². The van der Waals surface area contributed by atoms with Crippen molar-refractivity contribution in [3.05, 3.63) is 36.3 Å². The van der Waals surface area contributed by atoms with Gasteiger partial charge in [0.15, 0.2) is 5.96 Å². The molecule has 0 saturated heterocycles. The molecule has 148 valence electrons. The van der Waals surface area contributed by atoms with Gasteiger partial charge in [-0.15, -0.1) is 24.0 Å². The summed E-state index contributed by atoms with van der Waals surface area (Å²) in [4.78, 5) is 4.41. The molecule has 2 rings (SSSR count). The van der Waals surface area contributed by atoms with Gasteiger partial charge in [-0.05, 0) is 38.3 Å². The highest BCUT2D eigenvalue weighted by molar-refractivity contribution is 14.0. The number of nitrogens with zero attached hydrogens (tertiary/aromatic N) is 1. The van der Waals surface area contributed by atoms with Gasteiger partial charge < -0.3 is 15.1 Å². The summed E-state index contributed by atoms with van der Waals surface area (Å²) in [5, 5.41) is 6.33. The maximum Gasteiger partial charge on any atom is 0.391 e. The van der Waals surface area contributed by atoms with Crippen LogP contribution in [0.15, 0.2) is 40.0 Å². The van der Waals surface area contributed by atoms with Crippen LogP contribution in [0, 0.1) is 5.92 Å². The summed E-state index contributed by atoms with van der Waals surface area (Å²) in [6, 6.07) is 3.48. The number of guanidine groups is 1. The van der Waals surface area contributed by atoms with Crippen LogP contribution in [0.1, 0.15) is 38.4 Å². The second-order valence-corrected chi connectivity index (χ2v) is 6.62. The minimum absolute atomic E-state index is 0. The van der Waals surface area contributed by atoms with Crippen LogP contribution >= 0.6 is 24.0 Å². The largest absolute Gasteiger partial charge is 0.469 e. The van der Waals surface area contributed by atoms with Gasteiger partial charge in [-0.1, -0.05) is 18.6 Å². The Balaban J connectivity index is 0.00000338. The third-order valence-corrected chi connectivity index (χ3v) is 4.23. The molecule has 8 heteroatoms. The number of alkyl halides is 3. The molecule has 1 heterocycles. The fourth-order valence-corrected chi connectivity index (χ4v) is 2.94. The molecule has 0 aliphatic heterocycles. The predicted octanol–water partition coefficient (Wildman–Crippen LogP) is 4.67. The van der Waals surface area contributed by atoms with E-state index < -0.39 is 12.1 Å². The van der Waals surface area contributed by atoms with E-state index in [0.717, 1.165) is 17.8 Å². The topological polar surface area (TPSA) is 49.6 Å². The van der Waals surface area contributed by atoms with E-state index in [-0.39, 0.29) is 42.9 Å². The van der Waals surface area contributed by atoms with Crippen LogP contribution in [-0.4, -0.2) is 31.3 Å². The molecular formula is C18H27F3IN3O. The van der Waals surface area contributed by atoms with Gasteiger partial charge in [0.05, 0.1) is 18.7 Å². The molecule has 0 radical (unpaired) electrons. The van der Waals surface area contributed by atoms with E-state index >= 15 is 0 Å². The van der Waals surface area contributed by atoms with Crippen molar-refractivity contribution in [1.82, 2.24) is 10.6 Å². The maximum atomic E-state index is 13.0. The molecular weight excluding hydrogens is 458 g/mol. The number of nitrogens with one attached hydrogen (secondary N) is 2. The zero-order valence-corrected chi connectivity index (χ0v) is 17.3. The molecule has 26 heavy (non-hydrogen) atoms. The van der Waals surface area contributed by atoms with E-state index in [4.69, 9.17) is 4.42 Å². The van der Waals surface area contributed by atoms with E-state index in [1.807, 2.05) is 19.1 Å². The van der Waals surface area contributed by atoms with Gasteiger partial charge >= 0.3 is 6.18 Å². The smallest absolute Gasteiger partial charge is 0.391 e. The minimum atomic E-state index is -4.12. The highest BCUT2D eigenvalue weighted by atomic mass is 127. The zero-order valence-electron chi connectivity index (χ0n) is 14.9. The van der Waals surface area contributed by atoms with E-state index in [0.29, 0.717) is 31.9 Å². The van der Waals surface area contributed by atoms with Crippen molar-refractivity contribution in [2.45, 2.75) is 51.2 Å². The number of halogens is 4. The molecule has 0 aromatic carbocycles. The van der Waals surface area contributed by atoms with Crippen molar-refractivity contribution in [2.75, 3.05) is 13.1 Å². The first-order valence-corrected chi connectivity index (χ1v) is 8.63. The quantitative estimate of drug-likeness (QED) is 0.267. The lowest BCUT2D eigenvalue weighted by Gasteiger charge is -2.32. The Kier molecular flexibility index (Phi) is 9.52. The van der Waals surface area contributed by atoms with Crippen LogP contribution in [0.3, 0.4) is 0 Å². The van der Waals surface area contributed by atoms with E-state index in [9.17, 15) is 13.2 Å². The summed E-state index contributed by atoms with van der Waals surface area (Å²) in [7, 11) is 0. The fourth-order valence-electron chi connectivity index (χ4n) is 2.94. The van der Waals surface area contributed by atoms with Gasteiger partial charge in [-0.3, -0.25) is 0 Å². The molecule has 2 N–H and O–H groups in total. The number of rotatable bonds is 6. The third-order valence-electron chi connectivity index (χ3n) is 4.23. The highest BCUT2D eigenvalue weighted by Gasteiger charge is 2.42. The van der Waals surface area contributed by atoms with Crippen molar-refractivity contribution < 1.29 is 17.6 Å². The van der Waals surface area contributed by atoms with Crippen molar-refractivity contribution >= 4 is 29.9 Å². The molecule has 4 nitrogen and oxygen atoms in total. The predicted molar refractivity (Wildman–Crippen MR) is 108 cm³/mol. The van der Waals surface area contributed by atoms with Crippen LogP contribution in [-0.2, 0) is 6.42 Å². The van der Waals surface area contributed by atoms with Gasteiger partial charge in [-0.2, -0.15) is 13.2 Å². The van der Waals surface area contributed by atoms with Gasteiger partial charge in [0.2, 0.25) is 0 Å². The van der Waals surface area contributed by atoms with E-state index in [1.54, 1.807) is 6.26 Å². The summed E-state index contributed by atoms with van der Waals surface area (Å²) in [6.45, 7) is 6.70. The summed E-state index contributed by atoms with van der Waals surface area (Å²) >= 11 is 0. The SMILES string of the molecule is C=C(C)CN=C(NCCc1ccco1)NC1CCCC(C(F)(F)F)C1.I. The molecule has 1 saturated carbocycles. The average Bonchev–Trinajstić information content (AvgIpc) is 3.05. The number of hydrogen-bond donors (Lipinski definition) is 2. The van der Waals surface area contributed by atoms with Gasteiger partial charge in [0.25, 0.3) is 0 Å². The zero-order chi connectivity index (χ0) is 18.3. The summed E-state index contributed by atoms with van der Waals surface area (Å²) in [6.07, 6.45) is -0.233. The summed E-state index contributed by atoms with van der Waals surface area (Å²) < 4.78 is 44.2. The minimum Gasteiger partial charge on any atom is -0.469 e. The monoisotopic (exact) mass is 485 g/mol. The first-order valence-electron chi connectivity index (χ1n) is 8.63. The van der Waals surface area contributed by atoms with E-state index in [2.05, 4.69) is 22.2 Å². The van der Waals surface area contributed by atoms with Crippen molar-refractivity contribution in [2.24, 2.45) is 10.9 Å². The second-order valence-electron chi connectivity index (χ2n) is 6.62. The third kappa shape index (κ3) is 8.01. The Morgan fingerprint density at radius 2 is 2.15 bits per heavy atom. The lowest BCUT2D eigenvalue weighted by Crippen LogP contribution is -2.47. The Hall–Kier alpha value is -1.19. The van der Waals surface area contributed by atoms with Crippen LogP contribution < -0.4 is 10.6 Å². The molecule has 1 aromatic rings. The number of hydrogen-bond acceptors (Lipinski definition) is 2. The molecule has 0 bridgehead atoms. The second kappa shape index (κ2) is 10.8. The Morgan fingerprint density at radius 1 is 1.38 bits per heavy atom. The molecule has 2 unspecified atom stereocenters. The number of aliphatic imine (C=N–C) groups is 1. The average molecular weight is 485 g/mol. The molecule has 1 aromatic heterocycles. The Morgan fingerprint density at radius 3 is 2.77 bits per heavy atom. The number of furan rings is 1. The highest BCUT2D eigenvalue weighted by Crippen LogP contribution is 2.37. The fraction of sp³-hybridized carbons (Fsp3) is 0.611. The Labute approximate surface area is 169 Å². The van der Waals surface area contributed by atoms with Crippen molar-refractivity contribution in [3.63, 3.8) is 0 Å². The normalized spacial score (nSPS) is 21.0. The van der Waals surface area contributed by atoms with Gasteiger partial charge in [0.1, 0.15) is 5.76 Å². The molecule has 2 atom stereocenters.